The summed E-state index contributed by atoms with van der Waals surface area (Å²) in [7, 11) is 0. The van der Waals surface area contributed by atoms with E-state index >= 15 is 0 Å². The van der Waals surface area contributed by atoms with E-state index in [4.69, 9.17) is 0 Å². The average molecular weight is 381 g/mol. The van der Waals surface area contributed by atoms with Crippen molar-refractivity contribution < 1.29 is 0 Å². The van der Waals surface area contributed by atoms with Gasteiger partial charge in [0.25, 0.3) is 0 Å². The minimum Gasteiger partial charge on any atom is -0.309 e. The Labute approximate surface area is 173 Å². The van der Waals surface area contributed by atoms with Crippen LogP contribution in [-0.4, -0.2) is 13.1 Å². The smallest absolute Gasteiger partial charge is 0.0292 e. The molecule has 2 atom stereocenters. The Balaban J connectivity index is 1.78. The lowest BCUT2D eigenvalue weighted by Crippen LogP contribution is -2.30. The van der Waals surface area contributed by atoms with Crippen LogP contribution in [0.25, 0.3) is 0 Å². The lowest BCUT2D eigenvalue weighted by Gasteiger charge is -2.22. The van der Waals surface area contributed by atoms with Crippen LogP contribution in [0.3, 0.4) is 0 Å². The molecule has 0 radical (unpaired) electrons. The average Bonchev–Trinajstić information content (AvgIpc) is 2.63. The first kappa shape index (κ1) is 22.6. The fraction of sp³-hybridized carbons (Fsp3) is 0.538. The van der Waals surface area contributed by atoms with Gasteiger partial charge in [-0.2, -0.15) is 0 Å². The molecule has 0 aliphatic rings. The van der Waals surface area contributed by atoms with E-state index in [0.717, 1.165) is 13.1 Å². The molecule has 154 valence electrons. The molecule has 0 saturated carbocycles. The molecule has 0 fully saturated rings. The maximum Gasteiger partial charge on any atom is 0.0292 e. The number of hydrogen-bond donors (Lipinski definition) is 2. The zero-order valence-corrected chi connectivity index (χ0v) is 19.2. The molecule has 2 aromatic rings. The van der Waals surface area contributed by atoms with Gasteiger partial charge in [0.15, 0.2) is 0 Å². The van der Waals surface area contributed by atoms with Gasteiger partial charge in [0.05, 0.1) is 0 Å². The molecule has 0 saturated heterocycles. The molecule has 0 aromatic heterocycles. The Hall–Kier alpha value is -1.64. The van der Waals surface area contributed by atoms with Gasteiger partial charge < -0.3 is 10.6 Å². The zero-order valence-electron chi connectivity index (χ0n) is 19.2. The predicted molar refractivity (Wildman–Crippen MR) is 123 cm³/mol. The summed E-state index contributed by atoms with van der Waals surface area (Å²) in [6.45, 7) is 19.9. The Morgan fingerprint density at radius 1 is 0.571 bits per heavy atom. The Bertz CT molecular complexity index is 650. The zero-order chi connectivity index (χ0) is 20.9. The van der Waals surface area contributed by atoms with Gasteiger partial charge in [-0.25, -0.2) is 0 Å². The summed E-state index contributed by atoms with van der Waals surface area (Å²) in [5.41, 5.74) is 5.88. The highest BCUT2D eigenvalue weighted by Crippen LogP contribution is 2.25. The molecule has 0 bridgehead atoms. The molecule has 2 rings (SSSR count). The van der Waals surface area contributed by atoms with Crippen molar-refractivity contribution in [1.29, 1.82) is 0 Å². The second kappa shape index (κ2) is 9.24. The van der Waals surface area contributed by atoms with Crippen LogP contribution >= 0.6 is 0 Å². The van der Waals surface area contributed by atoms with E-state index < -0.39 is 0 Å². The molecular weight excluding hydrogens is 340 g/mol. The van der Waals surface area contributed by atoms with Gasteiger partial charge in [-0.05, 0) is 46.9 Å². The van der Waals surface area contributed by atoms with Crippen molar-refractivity contribution in [2.75, 3.05) is 13.1 Å². The van der Waals surface area contributed by atoms with Crippen molar-refractivity contribution in [2.45, 2.75) is 78.3 Å². The van der Waals surface area contributed by atoms with Crippen LogP contribution in [0.1, 0.15) is 89.7 Å². The van der Waals surface area contributed by atoms with Crippen LogP contribution in [-0.2, 0) is 10.8 Å². The topological polar surface area (TPSA) is 24.1 Å². The minimum absolute atomic E-state index is 0.209. The summed E-state index contributed by atoms with van der Waals surface area (Å²) < 4.78 is 0. The summed E-state index contributed by atoms with van der Waals surface area (Å²) >= 11 is 0. The van der Waals surface area contributed by atoms with Crippen LogP contribution in [0.4, 0.5) is 0 Å². The van der Waals surface area contributed by atoms with Gasteiger partial charge in [-0.3, -0.25) is 0 Å². The summed E-state index contributed by atoms with van der Waals surface area (Å²) in [5.74, 6) is 0. The van der Waals surface area contributed by atoms with Crippen molar-refractivity contribution >= 4 is 0 Å². The van der Waals surface area contributed by atoms with E-state index in [-0.39, 0.29) is 10.8 Å². The standard InChI is InChI=1S/C26H40N2/c1-19(21-9-13-23(14-10-21)25(3,4)5)27-17-18-28-20(2)22-11-15-24(16-12-22)26(6,7)8/h9-16,19-20,27-28H,17-18H2,1-8H3. The molecular formula is C26H40N2. The van der Waals surface area contributed by atoms with Gasteiger partial charge in [0.2, 0.25) is 0 Å². The molecule has 2 heteroatoms. The summed E-state index contributed by atoms with van der Waals surface area (Å²) in [6.07, 6.45) is 0. The quantitative estimate of drug-likeness (QED) is 0.552. The van der Waals surface area contributed by atoms with Crippen molar-refractivity contribution in [3.63, 3.8) is 0 Å². The van der Waals surface area contributed by atoms with Gasteiger partial charge in [0, 0.05) is 25.2 Å². The molecule has 0 heterocycles. The molecule has 2 aromatic carbocycles. The molecule has 0 aliphatic heterocycles. The largest absolute Gasteiger partial charge is 0.309 e. The van der Waals surface area contributed by atoms with E-state index in [1.165, 1.54) is 22.3 Å². The van der Waals surface area contributed by atoms with E-state index in [9.17, 15) is 0 Å². The maximum absolute atomic E-state index is 3.63. The highest BCUT2D eigenvalue weighted by Gasteiger charge is 2.15. The van der Waals surface area contributed by atoms with Crippen LogP contribution in [0.15, 0.2) is 48.5 Å². The fourth-order valence-electron chi connectivity index (χ4n) is 3.36. The Morgan fingerprint density at radius 2 is 0.857 bits per heavy atom. The Kier molecular flexibility index (Phi) is 7.47. The summed E-state index contributed by atoms with van der Waals surface area (Å²) in [4.78, 5) is 0. The second-order valence-corrected chi connectivity index (χ2v) is 10.1. The van der Waals surface area contributed by atoms with E-state index in [0.29, 0.717) is 12.1 Å². The molecule has 2 nitrogen and oxygen atoms in total. The van der Waals surface area contributed by atoms with Gasteiger partial charge in [-0.1, -0.05) is 90.1 Å². The lowest BCUT2D eigenvalue weighted by atomic mass is 9.86. The van der Waals surface area contributed by atoms with Crippen molar-refractivity contribution in [1.82, 2.24) is 10.6 Å². The predicted octanol–water partition coefficient (Wildman–Crippen LogP) is 6.28. The first-order valence-electron chi connectivity index (χ1n) is 10.7. The highest BCUT2D eigenvalue weighted by molar-refractivity contribution is 5.30. The SMILES string of the molecule is CC(NCCNC(C)c1ccc(C(C)(C)C)cc1)c1ccc(C(C)(C)C)cc1. The van der Waals surface area contributed by atoms with Gasteiger partial charge >= 0.3 is 0 Å². The molecule has 0 spiro atoms. The van der Waals surface area contributed by atoms with Crippen molar-refractivity contribution in [2.24, 2.45) is 0 Å². The summed E-state index contributed by atoms with van der Waals surface area (Å²) in [5, 5.41) is 7.26. The first-order chi connectivity index (χ1) is 13.0. The van der Waals surface area contributed by atoms with E-state index in [2.05, 4.69) is 115 Å². The van der Waals surface area contributed by atoms with Crippen LogP contribution in [0, 0.1) is 0 Å². The molecule has 2 N–H and O–H groups in total. The molecule has 2 unspecified atom stereocenters. The lowest BCUT2D eigenvalue weighted by molar-refractivity contribution is 0.511. The summed E-state index contributed by atoms with van der Waals surface area (Å²) in [6, 6.07) is 18.8. The van der Waals surface area contributed by atoms with Crippen molar-refractivity contribution in [3.8, 4) is 0 Å². The third-order valence-corrected chi connectivity index (χ3v) is 5.58. The third-order valence-electron chi connectivity index (χ3n) is 5.58. The van der Waals surface area contributed by atoms with Gasteiger partial charge in [-0.15, -0.1) is 0 Å². The monoisotopic (exact) mass is 380 g/mol. The maximum atomic E-state index is 3.63. The number of hydrogen-bond acceptors (Lipinski definition) is 2. The fourth-order valence-corrected chi connectivity index (χ4v) is 3.36. The minimum atomic E-state index is 0.209. The molecule has 0 amide bonds. The molecule has 28 heavy (non-hydrogen) atoms. The number of nitrogens with one attached hydrogen (secondary N) is 2. The van der Waals surface area contributed by atoms with Crippen LogP contribution in [0.2, 0.25) is 0 Å². The van der Waals surface area contributed by atoms with Crippen LogP contribution < -0.4 is 10.6 Å². The van der Waals surface area contributed by atoms with Gasteiger partial charge in [0.1, 0.15) is 0 Å². The highest BCUT2D eigenvalue weighted by atomic mass is 15.0. The van der Waals surface area contributed by atoms with E-state index in [1.54, 1.807) is 0 Å². The van der Waals surface area contributed by atoms with E-state index in [1.807, 2.05) is 0 Å². The second-order valence-electron chi connectivity index (χ2n) is 10.1. The molecule has 0 aliphatic carbocycles. The van der Waals surface area contributed by atoms with Crippen LogP contribution in [0.5, 0.6) is 0 Å². The Morgan fingerprint density at radius 3 is 1.11 bits per heavy atom. The van der Waals surface area contributed by atoms with Crippen molar-refractivity contribution in [3.05, 3.63) is 70.8 Å². The number of benzene rings is 2. The normalized spacial score (nSPS) is 14.7. The first-order valence-corrected chi connectivity index (χ1v) is 10.7. The third kappa shape index (κ3) is 6.46. The number of rotatable bonds is 7.